The van der Waals surface area contributed by atoms with Crippen LogP contribution in [0.4, 0.5) is 0 Å². The Kier molecular flexibility index (Phi) is 6.23. The van der Waals surface area contributed by atoms with Crippen molar-refractivity contribution >= 4 is 9.84 Å². The quantitative estimate of drug-likeness (QED) is 0.704. The molecule has 1 aliphatic heterocycles. The van der Waals surface area contributed by atoms with Crippen LogP contribution in [0.5, 0.6) is 0 Å². The van der Waals surface area contributed by atoms with Crippen molar-refractivity contribution in [1.29, 1.82) is 0 Å². The van der Waals surface area contributed by atoms with Gasteiger partial charge in [0.2, 0.25) is 0 Å². The first-order valence-corrected chi connectivity index (χ1v) is 8.94. The van der Waals surface area contributed by atoms with Crippen LogP contribution in [0.25, 0.3) is 0 Å². The van der Waals surface area contributed by atoms with Crippen molar-refractivity contribution in [3.8, 4) is 0 Å². The van der Waals surface area contributed by atoms with Crippen molar-refractivity contribution < 1.29 is 13.5 Å². The van der Waals surface area contributed by atoms with E-state index >= 15 is 0 Å². The Morgan fingerprint density at radius 1 is 1.47 bits per heavy atom. The number of sulfone groups is 1. The first-order chi connectivity index (χ1) is 8.88. The highest BCUT2D eigenvalue weighted by atomic mass is 32.2. The summed E-state index contributed by atoms with van der Waals surface area (Å²) >= 11 is 0. The van der Waals surface area contributed by atoms with Gasteiger partial charge in [0, 0.05) is 18.1 Å². The summed E-state index contributed by atoms with van der Waals surface area (Å²) in [6, 6.07) is 0.110. The molecule has 0 aromatic heterocycles. The minimum Gasteiger partial charge on any atom is -0.394 e. The Morgan fingerprint density at radius 3 is 2.63 bits per heavy atom. The van der Waals surface area contributed by atoms with E-state index in [1.165, 1.54) is 0 Å². The summed E-state index contributed by atoms with van der Waals surface area (Å²) in [6.45, 7) is 5.74. The molecule has 0 aromatic rings. The average molecular weight is 292 g/mol. The molecule has 5 nitrogen and oxygen atoms in total. The van der Waals surface area contributed by atoms with E-state index < -0.39 is 9.84 Å². The third-order valence-corrected chi connectivity index (χ3v) is 6.21. The summed E-state index contributed by atoms with van der Waals surface area (Å²) in [7, 11) is -0.942. The van der Waals surface area contributed by atoms with Gasteiger partial charge in [0.1, 0.15) is 0 Å². The molecule has 2 N–H and O–H groups in total. The molecule has 6 heteroatoms. The molecule has 19 heavy (non-hydrogen) atoms. The second-order valence-electron chi connectivity index (χ2n) is 5.64. The van der Waals surface area contributed by atoms with Gasteiger partial charge in [-0.05, 0) is 39.8 Å². The van der Waals surface area contributed by atoms with Gasteiger partial charge in [-0.15, -0.1) is 0 Å². The molecule has 0 aromatic carbocycles. The van der Waals surface area contributed by atoms with Crippen LogP contribution in [-0.4, -0.2) is 68.3 Å². The highest BCUT2D eigenvalue weighted by Gasteiger charge is 2.29. The maximum Gasteiger partial charge on any atom is 0.153 e. The Morgan fingerprint density at radius 2 is 2.16 bits per heavy atom. The molecule has 0 amide bonds. The normalized spacial score (nSPS) is 27.1. The van der Waals surface area contributed by atoms with Crippen LogP contribution in [0.2, 0.25) is 0 Å². The first-order valence-electron chi connectivity index (χ1n) is 7.12. The summed E-state index contributed by atoms with van der Waals surface area (Å²) in [4.78, 5) is 2.24. The average Bonchev–Trinajstić information content (AvgIpc) is 2.37. The molecule has 0 bridgehead atoms. The minimum atomic E-state index is -2.83. The van der Waals surface area contributed by atoms with Gasteiger partial charge in [0.05, 0.1) is 18.1 Å². The van der Waals surface area contributed by atoms with Crippen LogP contribution in [0.15, 0.2) is 0 Å². The van der Waals surface area contributed by atoms with Crippen LogP contribution in [0.1, 0.15) is 33.1 Å². The van der Waals surface area contributed by atoms with E-state index in [1.807, 2.05) is 14.0 Å². The molecule has 0 spiro atoms. The van der Waals surface area contributed by atoms with E-state index in [4.69, 9.17) is 0 Å². The summed E-state index contributed by atoms with van der Waals surface area (Å²) in [6.07, 6.45) is 2.77. The number of aliphatic hydroxyl groups excluding tert-OH is 1. The molecule has 1 heterocycles. The van der Waals surface area contributed by atoms with Gasteiger partial charge in [-0.3, -0.25) is 4.90 Å². The number of rotatable bonds is 7. The molecular formula is C13H28N2O3S. The molecule has 0 aliphatic carbocycles. The number of aliphatic hydroxyl groups is 1. The van der Waals surface area contributed by atoms with Crippen molar-refractivity contribution in [2.75, 3.05) is 38.2 Å². The van der Waals surface area contributed by atoms with Gasteiger partial charge in [-0.1, -0.05) is 6.92 Å². The summed E-state index contributed by atoms with van der Waals surface area (Å²) in [5.74, 6) is 0.556. The van der Waals surface area contributed by atoms with Crippen molar-refractivity contribution in [1.82, 2.24) is 10.2 Å². The molecule has 1 aliphatic rings. The highest BCUT2D eigenvalue weighted by molar-refractivity contribution is 7.91. The standard InChI is InChI=1S/C13H28N2O3S/c1-4-13(11-16,14-3)6-5-7-15-8-9-19(17,18)10-12(15)2/h12,14,16H,4-11H2,1-3H3. The molecule has 0 radical (unpaired) electrons. The lowest BCUT2D eigenvalue weighted by Crippen LogP contribution is -2.49. The molecule has 114 valence electrons. The van der Waals surface area contributed by atoms with Gasteiger partial charge < -0.3 is 10.4 Å². The first kappa shape index (κ1) is 16.9. The van der Waals surface area contributed by atoms with Gasteiger partial charge in [-0.2, -0.15) is 0 Å². The summed E-state index contributed by atoms with van der Waals surface area (Å²) in [5, 5.41) is 12.7. The molecule has 1 saturated heterocycles. The molecule has 1 fully saturated rings. The molecule has 2 atom stereocenters. The highest BCUT2D eigenvalue weighted by Crippen LogP contribution is 2.18. The fraction of sp³-hybridized carbons (Fsp3) is 1.00. The Hall–Kier alpha value is -0.170. The second-order valence-corrected chi connectivity index (χ2v) is 7.87. The topological polar surface area (TPSA) is 69.6 Å². The van der Waals surface area contributed by atoms with E-state index in [1.54, 1.807) is 0 Å². The SMILES string of the molecule is CCC(CO)(CCCN1CCS(=O)(=O)CC1C)NC. The number of hydrogen-bond acceptors (Lipinski definition) is 5. The Labute approximate surface area is 117 Å². The lowest BCUT2D eigenvalue weighted by Gasteiger charge is -2.35. The zero-order chi connectivity index (χ0) is 14.5. The smallest absolute Gasteiger partial charge is 0.153 e. The number of hydrogen-bond donors (Lipinski definition) is 2. The van der Waals surface area contributed by atoms with E-state index in [0.717, 1.165) is 25.8 Å². The fourth-order valence-electron chi connectivity index (χ4n) is 2.73. The molecular weight excluding hydrogens is 264 g/mol. The zero-order valence-electron chi connectivity index (χ0n) is 12.4. The number of nitrogens with one attached hydrogen (secondary N) is 1. The summed E-state index contributed by atoms with van der Waals surface area (Å²) in [5.41, 5.74) is -0.189. The summed E-state index contributed by atoms with van der Waals surface area (Å²) < 4.78 is 23.0. The second kappa shape index (κ2) is 7.02. The Balaban J connectivity index is 2.41. The van der Waals surface area contributed by atoms with Crippen molar-refractivity contribution in [2.45, 2.75) is 44.7 Å². The number of nitrogens with zero attached hydrogens (tertiary/aromatic N) is 1. The van der Waals surface area contributed by atoms with E-state index in [0.29, 0.717) is 6.54 Å². The molecule has 2 unspecified atom stereocenters. The van der Waals surface area contributed by atoms with Gasteiger partial charge in [0.25, 0.3) is 0 Å². The third kappa shape index (κ3) is 4.70. The fourth-order valence-corrected chi connectivity index (χ4v) is 4.36. The maximum atomic E-state index is 11.5. The van der Waals surface area contributed by atoms with Gasteiger partial charge in [0.15, 0.2) is 9.84 Å². The van der Waals surface area contributed by atoms with Gasteiger partial charge >= 0.3 is 0 Å². The van der Waals surface area contributed by atoms with E-state index in [-0.39, 0.29) is 29.7 Å². The number of likely N-dealkylation sites (N-methyl/N-ethyl adjacent to an activating group) is 1. The predicted octanol–water partition coefficient (Wildman–Crippen LogP) is 0.246. The van der Waals surface area contributed by atoms with Crippen LogP contribution in [-0.2, 0) is 9.84 Å². The van der Waals surface area contributed by atoms with Crippen molar-refractivity contribution in [3.05, 3.63) is 0 Å². The van der Waals surface area contributed by atoms with Gasteiger partial charge in [-0.25, -0.2) is 8.42 Å². The van der Waals surface area contributed by atoms with Crippen LogP contribution >= 0.6 is 0 Å². The van der Waals surface area contributed by atoms with Crippen LogP contribution in [0, 0.1) is 0 Å². The molecule has 0 saturated carbocycles. The van der Waals surface area contributed by atoms with Crippen molar-refractivity contribution in [2.24, 2.45) is 0 Å². The third-order valence-electron chi connectivity index (χ3n) is 4.42. The maximum absolute atomic E-state index is 11.5. The lowest BCUT2D eigenvalue weighted by atomic mass is 9.91. The zero-order valence-corrected chi connectivity index (χ0v) is 13.2. The monoisotopic (exact) mass is 292 g/mol. The minimum absolute atomic E-state index is 0.110. The Bertz CT molecular complexity index is 358. The largest absolute Gasteiger partial charge is 0.394 e. The lowest BCUT2D eigenvalue weighted by molar-refractivity contribution is 0.141. The van der Waals surface area contributed by atoms with Crippen LogP contribution < -0.4 is 5.32 Å². The van der Waals surface area contributed by atoms with Crippen LogP contribution in [0.3, 0.4) is 0 Å². The van der Waals surface area contributed by atoms with E-state index in [9.17, 15) is 13.5 Å². The van der Waals surface area contributed by atoms with E-state index in [2.05, 4.69) is 17.1 Å². The van der Waals surface area contributed by atoms with Crippen molar-refractivity contribution in [3.63, 3.8) is 0 Å². The predicted molar refractivity (Wildman–Crippen MR) is 78.1 cm³/mol. The molecule has 1 rings (SSSR count).